The van der Waals surface area contributed by atoms with Crippen LogP contribution in [0, 0.1) is 0 Å². The third kappa shape index (κ3) is 2.26. The Kier molecular flexibility index (Phi) is 3.53. The molecule has 1 aromatic carbocycles. The Morgan fingerprint density at radius 3 is 2.36 bits per heavy atom. The molecule has 78 valence electrons. The number of phenols is 1. The minimum atomic E-state index is 0.189. The minimum absolute atomic E-state index is 0.189. The van der Waals surface area contributed by atoms with Gasteiger partial charge in [-0.2, -0.15) is 0 Å². The van der Waals surface area contributed by atoms with Crippen molar-refractivity contribution >= 4 is 0 Å². The van der Waals surface area contributed by atoms with Crippen molar-refractivity contribution in [1.29, 1.82) is 0 Å². The standard InChI is InChI=1S/C12H19NO/c1-8(2)10-5-6-12(14)11(7-10)9(3)13-4/h5-9,13-14H,1-4H3. The van der Waals surface area contributed by atoms with Gasteiger partial charge in [-0.3, -0.25) is 0 Å². The van der Waals surface area contributed by atoms with E-state index in [-0.39, 0.29) is 6.04 Å². The highest BCUT2D eigenvalue weighted by Gasteiger charge is 2.10. The summed E-state index contributed by atoms with van der Waals surface area (Å²) in [5.41, 5.74) is 2.23. The lowest BCUT2D eigenvalue weighted by molar-refractivity contribution is 0.457. The molecule has 1 rings (SSSR count). The summed E-state index contributed by atoms with van der Waals surface area (Å²) < 4.78 is 0. The Morgan fingerprint density at radius 2 is 1.86 bits per heavy atom. The van der Waals surface area contributed by atoms with Gasteiger partial charge >= 0.3 is 0 Å². The maximum absolute atomic E-state index is 9.68. The van der Waals surface area contributed by atoms with Crippen molar-refractivity contribution < 1.29 is 5.11 Å². The molecular formula is C12H19NO. The molecule has 0 heterocycles. The highest BCUT2D eigenvalue weighted by molar-refractivity contribution is 5.39. The molecule has 2 N–H and O–H groups in total. The fourth-order valence-electron chi connectivity index (χ4n) is 1.43. The van der Waals surface area contributed by atoms with Crippen molar-refractivity contribution in [2.45, 2.75) is 32.7 Å². The number of rotatable bonds is 3. The summed E-state index contributed by atoms with van der Waals surface area (Å²) in [6.45, 7) is 6.35. The van der Waals surface area contributed by atoms with Crippen LogP contribution in [0.5, 0.6) is 5.75 Å². The fourth-order valence-corrected chi connectivity index (χ4v) is 1.43. The first-order valence-electron chi connectivity index (χ1n) is 5.06. The van der Waals surface area contributed by atoms with Crippen LogP contribution < -0.4 is 5.32 Å². The van der Waals surface area contributed by atoms with E-state index in [1.165, 1.54) is 5.56 Å². The van der Waals surface area contributed by atoms with Crippen molar-refractivity contribution in [1.82, 2.24) is 5.32 Å². The van der Waals surface area contributed by atoms with Crippen molar-refractivity contribution in [3.63, 3.8) is 0 Å². The molecule has 0 aromatic heterocycles. The third-order valence-corrected chi connectivity index (χ3v) is 2.62. The van der Waals surface area contributed by atoms with Crippen molar-refractivity contribution in [3.8, 4) is 5.75 Å². The van der Waals surface area contributed by atoms with Gasteiger partial charge in [0.05, 0.1) is 0 Å². The molecule has 0 amide bonds. The molecule has 0 saturated carbocycles. The summed E-state index contributed by atoms with van der Waals surface area (Å²) in [4.78, 5) is 0. The van der Waals surface area contributed by atoms with E-state index < -0.39 is 0 Å². The van der Waals surface area contributed by atoms with Crippen LogP contribution in [0.15, 0.2) is 18.2 Å². The molecule has 1 atom stereocenters. The van der Waals surface area contributed by atoms with Crippen molar-refractivity contribution in [2.24, 2.45) is 0 Å². The predicted octanol–water partition coefficient (Wildman–Crippen LogP) is 2.80. The van der Waals surface area contributed by atoms with Crippen LogP contribution in [0.4, 0.5) is 0 Å². The van der Waals surface area contributed by atoms with E-state index in [0.717, 1.165) is 5.56 Å². The van der Waals surface area contributed by atoms with Crippen LogP contribution in [0.2, 0.25) is 0 Å². The molecule has 1 unspecified atom stereocenters. The third-order valence-electron chi connectivity index (χ3n) is 2.62. The molecule has 14 heavy (non-hydrogen) atoms. The molecule has 0 saturated heterocycles. The maximum Gasteiger partial charge on any atom is 0.120 e. The lowest BCUT2D eigenvalue weighted by Crippen LogP contribution is -2.12. The molecule has 0 aliphatic carbocycles. The van der Waals surface area contributed by atoms with Crippen LogP contribution in [0.25, 0.3) is 0 Å². The van der Waals surface area contributed by atoms with Crippen LogP contribution in [0.3, 0.4) is 0 Å². The number of benzene rings is 1. The highest BCUT2D eigenvalue weighted by Crippen LogP contribution is 2.27. The quantitative estimate of drug-likeness (QED) is 0.773. The van der Waals surface area contributed by atoms with Gasteiger partial charge in [-0.25, -0.2) is 0 Å². The molecule has 2 heteroatoms. The second-order valence-electron chi connectivity index (χ2n) is 3.98. The minimum Gasteiger partial charge on any atom is -0.508 e. The first-order chi connectivity index (χ1) is 6.56. The van der Waals surface area contributed by atoms with Crippen LogP contribution in [-0.2, 0) is 0 Å². The smallest absolute Gasteiger partial charge is 0.120 e. The van der Waals surface area contributed by atoms with E-state index in [0.29, 0.717) is 11.7 Å². The summed E-state index contributed by atoms with van der Waals surface area (Å²) >= 11 is 0. The van der Waals surface area contributed by atoms with Crippen LogP contribution in [0.1, 0.15) is 43.9 Å². The van der Waals surface area contributed by atoms with E-state index >= 15 is 0 Å². The van der Waals surface area contributed by atoms with E-state index in [1.54, 1.807) is 6.07 Å². The Bertz CT molecular complexity index is 307. The predicted molar refractivity (Wildman–Crippen MR) is 59.7 cm³/mol. The SMILES string of the molecule is CNC(C)c1cc(C(C)C)ccc1O. The van der Waals surface area contributed by atoms with Gasteiger partial charge in [0.25, 0.3) is 0 Å². The molecule has 1 aromatic rings. The van der Waals surface area contributed by atoms with Gasteiger partial charge in [-0.1, -0.05) is 26.0 Å². The largest absolute Gasteiger partial charge is 0.508 e. The highest BCUT2D eigenvalue weighted by atomic mass is 16.3. The number of aromatic hydroxyl groups is 1. The second kappa shape index (κ2) is 4.47. The van der Waals surface area contributed by atoms with Gasteiger partial charge in [0, 0.05) is 11.6 Å². The van der Waals surface area contributed by atoms with E-state index in [2.05, 4.69) is 25.2 Å². The number of hydrogen-bond acceptors (Lipinski definition) is 2. The van der Waals surface area contributed by atoms with Gasteiger partial charge in [0.2, 0.25) is 0 Å². The molecule has 0 radical (unpaired) electrons. The fraction of sp³-hybridized carbons (Fsp3) is 0.500. The summed E-state index contributed by atoms with van der Waals surface area (Å²) in [6.07, 6.45) is 0. The Balaban J connectivity index is 3.08. The summed E-state index contributed by atoms with van der Waals surface area (Å²) in [7, 11) is 1.89. The normalized spacial score (nSPS) is 13.2. The van der Waals surface area contributed by atoms with Crippen LogP contribution in [-0.4, -0.2) is 12.2 Å². The molecule has 0 fully saturated rings. The molecule has 0 bridgehead atoms. The Morgan fingerprint density at radius 1 is 1.21 bits per heavy atom. The average molecular weight is 193 g/mol. The molecule has 0 aliphatic heterocycles. The topological polar surface area (TPSA) is 32.3 Å². The van der Waals surface area contributed by atoms with Gasteiger partial charge in [-0.15, -0.1) is 0 Å². The summed E-state index contributed by atoms with van der Waals surface area (Å²) in [6, 6.07) is 6.01. The monoisotopic (exact) mass is 193 g/mol. The second-order valence-corrected chi connectivity index (χ2v) is 3.98. The molecule has 0 aliphatic rings. The zero-order valence-electron chi connectivity index (χ0n) is 9.33. The molecule has 2 nitrogen and oxygen atoms in total. The van der Waals surface area contributed by atoms with Crippen molar-refractivity contribution in [3.05, 3.63) is 29.3 Å². The van der Waals surface area contributed by atoms with Crippen molar-refractivity contribution in [2.75, 3.05) is 7.05 Å². The van der Waals surface area contributed by atoms with Gasteiger partial charge in [-0.05, 0) is 31.5 Å². The summed E-state index contributed by atoms with van der Waals surface area (Å²) in [5, 5.41) is 12.8. The molecule has 0 spiro atoms. The zero-order chi connectivity index (χ0) is 10.7. The van der Waals surface area contributed by atoms with E-state index in [9.17, 15) is 5.11 Å². The summed E-state index contributed by atoms with van der Waals surface area (Å²) in [5.74, 6) is 0.870. The Hall–Kier alpha value is -1.02. The first kappa shape index (κ1) is 11.1. The van der Waals surface area contributed by atoms with E-state index in [1.807, 2.05) is 20.0 Å². The van der Waals surface area contributed by atoms with Gasteiger partial charge < -0.3 is 10.4 Å². The lowest BCUT2D eigenvalue weighted by atomic mass is 9.97. The number of phenolic OH excluding ortho intramolecular Hbond substituents is 1. The zero-order valence-corrected chi connectivity index (χ0v) is 9.33. The lowest BCUT2D eigenvalue weighted by Gasteiger charge is -2.15. The van der Waals surface area contributed by atoms with E-state index in [4.69, 9.17) is 0 Å². The van der Waals surface area contributed by atoms with Gasteiger partial charge in [0.15, 0.2) is 0 Å². The molecular weight excluding hydrogens is 174 g/mol. The Labute approximate surface area is 86.0 Å². The van der Waals surface area contributed by atoms with Crippen LogP contribution >= 0.6 is 0 Å². The number of nitrogens with one attached hydrogen (secondary N) is 1. The first-order valence-corrected chi connectivity index (χ1v) is 5.06. The van der Waals surface area contributed by atoms with Gasteiger partial charge in [0.1, 0.15) is 5.75 Å². The maximum atomic E-state index is 9.68. The number of hydrogen-bond donors (Lipinski definition) is 2. The average Bonchev–Trinajstić information content (AvgIpc) is 2.17.